The number of ether oxygens (including phenoxy) is 3. The van der Waals surface area contributed by atoms with Gasteiger partial charge in [0, 0.05) is 6.42 Å². The van der Waals surface area contributed by atoms with E-state index in [-0.39, 0.29) is 19.4 Å². The second kappa shape index (κ2) is 57.7. The summed E-state index contributed by atoms with van der Waals surface area (Å²) >= 11 is 0. The molecule has 1 saturated heterocycles. The summed E-state index contributed by atoms with van der Waals surface area (Å²) in [5.41, 5.74) is 0. The zero-order valence-corrected chi connectivity index (χ0v) is 52.1. The summed E-state index contributed by atoms with van der Waals surface area (Å²) in [5.74, 6) is -1.22. The first-order valence-corrected chi connectivity index (χ1v) is 33.2. The molecule has 0 saturated carbocycles. The summed E-state index contributed by atoms with van der Waals surface area (Å²) in [4.78, 5) is 26.6. The molecule has 1 aliphatic heterocycles. The lowest BCUT2D eigenvalue weighted by atomic mass is 9.99. The molecule has 8 unspecified atom stereocenters. The summed E-state index contributed by atoms with van der Waals surface area (Å²) in [6.45, 7) is 5.64. The van der Waals surface area contributed by atoms with E-state index in [1.165, 1.54) is 77.0 Å². The number of aliphatic hydroxyl groups excluding tert-OH is 5. The Bertz CT molecular complexity index is 1750. The molecule has 6 N–H and O–H groups in total. The van der Waals surface area contributed by atoms with Crippen molar-refractivity contribution in [3.05, 3.63) is 109 Å². The molecule has 0 aromatic carbocycles. The van der Waals surface area contributed by atoms with Gasteiger partial charge in [-0.15, -0.1) is 0 Å². The van der Waals surface area contributed by atoms with Gasteiger partial charge < -0.3 is 45.1 Å². The fourth-order valence-corrected chi connectivity index (χ4v) is 9.68. The predicted molar refractivity (Wildman–Crippen MR) is 342 cm³/mol. The number of unbranched alkanes of at least 4 members (excludes halogenated alkanes) is 25. The molecule has 0 spiro atoms. The van der Waals surface area contributed by atoms with Crippen molar-refractivity contribution in [1.29, 1.82) is 0 Å². The van der Waals surface area contributed by atoms with Gasteiger partial charge in [-0.25, -0.2) is 0 Å². The maximum Gasteiger partial charge on any atom is 0.306 e. The van der Waals surface area contributed by atoms with Crippen molar-refractivity contribution in [3.63, 3.8) is 0 Å². The van der Waals surface area contributed by atoms with Gasteiger partial charge in [0.05, 0.1) is 25.4 Å². The van der Waals surface area contributed by atoms with Crippen LogP contribution in [0.25, 0.3) is 0 Å². The predicted octanol–water partition coefficient (Wildman–Crippen LogP) is 16.4. The molecule has 1 fully saturated rings. The second-order valence-corrected chi connectivity index (χ2v) is 22.5. The van der Waals surface area contributed by atoms with Crippen LogP contribution >= 0.6 is 0 Å². The Kier molecular flexibility index (Phi) is 53.7. The molecular weight excluding hydrogens is 1030 g/mol. The number of allylic oxidation sites excluding steroid dienone is 17. The Labute approximate surface area is 500 Å². The number of esters is 1. The minimum atomic E-state index is -1.63. The first kappa shape index (κ1) is 76.3. The highest BCUT2D eigenvalue weighted by molar-refractivity contribution is 5.80. The number of carbonyl (C=O) groups excluding carboxylic acids is 2. The molecule has 1 rings (SSSR count). The van der Waals surface area contributed by atoms with E-state index in [9.17, 15) is 35.1 Å². The molecule has 11 heteroatoms. The highest BCUT2D eigenvalue weighted by Crippen LogP contribution is 2.26. The highest BCUT2D eigenvalue weighted by Gasteiger charge is 2.47. The van der Waals surface area contributed by atoms with Crippen molar-refractivity contribution < 1.29 is 49.3 Å². The van der Waals surface area contributed by atoms with Gasteiger partial charge in [0.2, 0.25) is 5.91 Å². The van der Waals surface area contributed by atoms with Gasteiger partial charge in [-0.2, -0.15) is 0 Å². The van der Waals surface area contributed by atoms with E-state index in [1.54, 1.807) is 6.08 Å². The number of carbonyl (C=O) groups is 2. The van der Waals surface area contributed by atoms with Gasteiger partial charge in [0.1, 0.15) is 24.4 Å². The second-order valence-electron chi connectivity index (χ2n) is 22.5. The Balaban J connectivity index is 2.63. The average Bonchev–Trinajstić information content (AvgIpc) is 3.56. The molecule has 0 bridgehead atoms. The average molecular weight is 1150 g/mol. The normalized spacial score (nSPS) is 19.3. The quantitative estimate of drug-likeness (QED) is 0.0195. The van der Waals surface area contributed by atoms with E-state index in [4.69, 9.17) is 14.2 Å². The molecule has 1 amide bonds. The molecule has 11 nitrogen and oxygen atoms in total. The standard InChI is InChI=1S/C71H121NO10/c1-4-7-10-13-16-19-22-25-27-29-30-31-32-33-34-35-36-37-39-41-44-47-50-53-56-59-66(76)82-69-68(78)67(77)65(60-73)81-71(69)80-61-62(63(74)57-54-51-48-45-42-24-21-18-15-12-9-6-3)72-70(79)64(75)58-55-52-49-46-43-40-38-28-26-23-20-17-14-11-8-5-2/h7,10,16-17,19-20,25-28,30-31,33-34,36-37,54,57,62-65,67-69,71,73-75,77-78H,4-6,8-9,11-15,18,21-24,29,32,35,38-53,55-56,58-61H2,1-3H3,(H,72,79)/b10-7-,19-16-,20-17-,27-25-,28-26-,31-30-,34-33-,37-36-,57-54+. The van der Waals surface area contributed by atoms with E-state index >= 15 is 0 Å². The molecule has 82 heavy (non-hydrogen) atoms. The Morgan fingerprint density at radius 1 is 0.488 bits per heavy atom. The van der Waals surface area contributed by atoms with Crippen molar-refractivity contribution in [2.24, 2.45) is 0 Å². The minimum absolute atomic E-state index is 0.0995. The monoisotopic (exact) mass is 1150 g/mol. The van der Waals surface area contributed by atoms with Crippen LogP contribution in [0.5, 0.6) is 0 Å². The minimum Gasteiger partial charge on any atom is -0.454 e. The van der Waals surface area contributed by atoms with Gasteiger partial charge in [0.15, 0.2) is 12.4 Å². The number of amides is 1. The summed E-state index contributed by atoms with van der Waals surface area (Å²) in [7, 11) is 0. The van der Waals surface area contributed by atoms with Gasteiger partial charge in [-0.1, -0.05) is 259 Å². The van der Waals surface area contributed by atoms with Crippen LogP contribution in [0, 0.1) is 0 Å². The van der Waals surface area contributed by atoms with Gasteiger partial charge in [-0.05, 0) is 109 Å². The van der Waals surface area contributed by atoms with Crippen LogP contribution in [0.2, 0.25) is 0 Å². The van der Waals surface area contributed by atoms with E-state index in [1.807, 2.05) is 6.08 Å². The van der Waals surface area contributed by atoms with Crippen LogP contribution in [0.1, 0.15) is 265 Å². The van der Waals surface area contributed by atoms with E-state index in [0.717, 1.165) is 141 Å². The first-order chi connectivity index (χ1) is 40.2. The third kappa shape index (κ3) is 44.8. The lowest BCUT2D eigenvalue weighted by molar-refractivity contribution is -0.305. The van der Waals surface area contributed by atoms with Crippen molar-refractivity contribution in [1.82, 2.24) is 5.32 Å². The van der Waals surface area contributed by atoms with Crippen molar-refractivity contribution in [2.45, 2.75) is 314 Å². The summed E-state index contributed by atoms with van der Waals surface area (Å²) in [6.07, 6.45) is 68.3. The lowest BCUT2D eigenvalue weighted by Gasteiger charge is -2.41. The van der Waals surface area contributed by atoms with Gasteiger partial charge >= 0.3 is 5.97 Å². The topological polar surface area (TPSA) is 175 Å². The molecule has 1 aliphatic rings. The van der Waals surface area contributed by atoms with Gasteiger partial charge in [-0.3, -0.25) is 9.59 Å². The largest absolute Gasteiger partial charge is 0.454 e. The van der Waals surface area contributed by atoms with Crippen molar-refractivity contribution in [3.8, 4) is 0 Å². The fourth-order valence-electron chi connectivity index (χ4n) is 9.68. The SMILES string of the molecule is CC/C=C\C/C=C\C/C=C\C/C=C\C/C=C\C/C=C\CCCCCCCCC(=O)OC1C(OCC(NC(=O)C(O)CCCCCCCC/C=C\C/C=C\CCCCC)C(O)/C=C/CCCCCCCCCCCC)OC(CO)C(O)C1O. The van der Waals surface area contributed by atoms with Crippen LogP contribution in [-0.4, -0.2) is 99.6 Å². The van der Waals surface area contributed by atoms with E-state index in [0.29, 0.717) is 12.8 Å². The zero-order chi connectivity index (χ0) is 59.6. The fraction of sp³-hybridized carbons (Fsp3) is 0.718. The van der Waals surface area contributed by atoms with Crippen LogP contribution in [0.15, 0.2) is 109 Å². The maximum absolute atomic E-state index is 13.4. The number of hydrogen-bond acceptors (Lipinski definition) is 10. The van der Waals surface area contributed by atoms with Crippen LogP contribution in [0.4, 0.5) is 0 Å². The number of aliphatic hydroxyl groups is 5. The molecule has 0 aromatic heterocycles. The zero-order valence-electron chi connectivity index (χ0n) is 52.1. The summed E-state index contributed by atoms with van der Waals surface area (Å²) in [5, 5.41) is 57.1. The summed E-state index contributed by atoms with van der Waals surface area (Å²) in [6, 6.07) is -1.04. The molecule has 1 heterocycles. The smallest absolute Gasteiger partial charge is 0.306 e. The molecule has 0 radical (unpaired) electrons. The van der Waals surface area contributed by atoms with E-state index in [2.05, 4.69) is 123 Å². The first-order valence-electron chi connectivity index (χ1n) is 33.2. The number of hydrogen-bond donors (Lipinski definition) is 6. The molecule has 8 atom stereocenters. The third-order valence-corrected chi connectivity index (χ3v) is 14.9. The molecular formula is C71H121NO10. The summed E-state index contributed by atoms with van der Waals surface area (Å²) < 4.78 is 17.6. The van der Waals surface area contributed by atoms with Crippen molar-refractivity contribution in [2.75, 3.05) is 13.2 Å². The molecule has 0 aliphatic carbocycles. The maximum atomic E-state index is 13.4. The van der Waals surface area contributed by atoms with Gasteiger partial charge in [0.25, 0.3) is 0 Å². The Morgan fingerprint density at radius 3 is 1.34 bits per heavy atom. The van der Waals surface area contributed by atoms with Crippen molar-refractivity contribution >= 4 is 11.9 Å². The number of rotatable bonds is 55. The van der Waals surface area contributed by atoms with Crippen LogP contribution in [0.3, 0.4) is 0 Å². The molecule has 470 valence electrons. The third-order valence-electron chi connectivity index (χ3n) is 14.9. The van der Waals surface area contributed by atoms with Crippen LogP contribution in [-0.2, 0) is 23.8 Å². The Morgan fingerprint density at radius 2 is 0.878 bits per heavy atom. The van der Waals surface area contributed by atoms with Crippen LogP contribution < -0.4 is 5.32 Å². The highest BCUT2D eigenvalue weighted by atomic mass is 16.7. The number of nitrogens with one attached hydrogen (secondary N) is 1. The lowest BCUT2D eigenvalue weighted by Crippen LogP contribution is -2.61. The van der Waals surface area contributed by atoms with E-state index < -0.39 is 67.4 Å². The Hall–Kier alpha value is -3.68. The molecule has 0 aromatic rings.